The highest BCUT2D eigenvalue weighted by Crippen LogP contribution is 2.49. The molecule has 13 heteroatoms. The Morgan fingerprint density at radius 2 is 1.96 bits per heavy atom. The van der Waals surface area contributed by atoms with Gasteiger partial charge >= 0.3 is 12.1 Å². The minimum atomic E-state index is -1.78. The van der Waals surface area contributed by atoms with Crippen LogP contribution in [0.25, 0.3) is 0 Å². The van der Waals surface area contributed by atoms with E-state index in [9.17, 15) is 19.5 Å². The Labute approximate surface area is 275 Å². The van der Waals surface area contributed by atoms with Gasteiger partial charge in [-0.2, -0.15) is 0 Å². The number of aliphatic hydroxyl groups is 1. The molecule has 12 nitrogen and oxygen atoms in total. The molecule has 0 aliphatic carbocycles. The van der Waals surface area contributed by atoms with Crippen LogP contribution in [0.3, 0.4) is 0 Å². The van der Waals surface area contributed by atoms with Crippen LogP contribution in [-0.2, 0) is 35.0 Å². The normalized spacial score (nSPS) is 34.4. The fourth-order valence-electron chi connectivity index (χ4n) is 6.05. The zero-order valence-electron chi connectivity index (χ0n) is 28.0. The third-order valence-corrected chi connectivity index (χ3v) is 9.70. The lowest BCUT2D eigenvalue weighted by Gasteiger charge is -2.42. The number of amides is 2. The van der Waals surface area contributed by atoms with Gasteiger partial charge in [0, 0.05) is 26.5 Å². The Morgan fingerprint density at radius 3 is 2.59 bits per heavy atom. The molecule has 2 amide bonds. The predicted molar refractivity (Wildman–Crippen MR) is 172 cm³/mol. The molecule has 4 rings (SSSR count). The molecule has 1 aromatic rings. The van der Waals surface area contributed by atoms with E-state index in [-0.39, 0.29) is 23.8 Å². The number of benzene rings is 1. The summed E-state index contributed by atoms with van der Waals surface area (Å²) >= 11 is 6.71. The standard InChI is InChI=1S/C33H46ClN3O9/c1-18-11-10-12-25(43-9)33(41)17-24(44-31(40)35-33)19(2)29-32(4,46-29)26(45-30(39)20(3)36(5)6)16-27(38)37(7)22-14-21(13-18)15-23(42-8)28(22)34/h10-12,14-15,19-20,24-26,29,41H,13,16-17H2,1-9H3,(H,35,40)/b12-10+,18-11+/t19?,20-,24?,25?,26?,29?,32?,33?/m0/s1. The first-order valence-electron chi connectivity index (χ1n) is 15.3. The number of fused-ring (bicyclic) bond motifs is 5. The maximum Gasteiger partial charge on any atom is 0.409 e. The van der Waals surface area contributed by atoms with Gasteiger partial charge in [-0.05, 0) is 59.0 Å². The number of anilines is 1. The summed E-state index contributed by atoms with van der Waals surface area (Å²) in [7, 11) is 8.07. The lowest BCUT2D eigenvalue weighted by atomic mass is 9.83. The molecule has 1 aromatic carbocycles. The predicted octanol–water partition coefficient (Wildman–Crippen LogP) is 3.62. The van der Waals surface area contributed by atoms with E-state index in [2.05, 4.69) is 5.32 Å². The summed E-state index contributed by atoms with van der Waals surface area (Å²) in [4.78, 5) is 43.0. The van der Waals surface area contributed by atoms with Crippen molar-refractivity contribution < 1.29 is 43.2 Å². The summed E-state index contributed by atoms with van der Waals surface area (Å²) < 4.78 is 29.0. The number of alkyl carbamates (subject to hydrolysis) is 1. The molecule has 4 bridgehead atoms. The average Bonchev–Trinajstić information content (AvgIpc) is 3.69. The molecule has 3 heterocycles. The summed E-state index contributed by atoms with van der Waals surface area (Å²) in [6.07, 6.45) is 1.53. The molecule has 0 aromatic heterocycles. The third kappa shape index (κ3) is 7.36. The van der Waals surface area contributed by atoms with Crippen LogP contribution in [-0.4, -0.2) is 105 Å². The summed E-state index contributed by atoms with van der Waals surface area (Å²) in [5, 5.41) is 14.4. The molecule has 2 fully saturated rings. The first-order valence-corrected chi connectivity index (χ1v) is 15.7. The number of nitrogens with zero attached hydrogens (tertiary/aromatic N) is 2. The topological polar surface area (TPSA) is 139 Å². The Hall–Kier alpha value is -3.16. The van der Waals surface area contributed by atoms with Gasteiger partial charge in [-0.25, -0.2) is 4.79 Å². The maximum absolute atomic E-state index is 13.9. The van der Waals surface area contributed by atoms with Gasteiger partial charge in [0.1, 0.15) is 40.7 Å². The second-order valence-electron chi connectivity index (χ2n) is 12.9. The van der Waals surface area contributed by atoms with E-state index in [1.807, 2.05) is 32.1 Å². The average molecular weight is 664 g/mol. The van der Waals surface area contributed by atoms with Crippen molar-refractivity contribution >= 4 is 35.3 Å². The van der Waals surface area contributed by atoms with E-state index in [1.54, 1.807) is 52.0 Å². The summed E-state index contributed by atoms with van der Waals surface area (Å²) in [6, 6.07) is 3.04. The van der Waals surface area contributed by atoms with Gasteiger partial charge < -0.3 is 33.7 Å². The van der Waals surface area contributed by atoms with Crippen LogP contribution in [0.5, 0.6) is 5.75 Å². The van der Waals surface area contributed by atoms with Crippen LogP contribution in [0.15, 0.2) is 35.9 Å². The number of ether oxygens (including phenoxy) is 5. The van der Waals surface area contributed by atoms with Crippen molar-refractivity contribution in [2.24, 2.45) is 5.92 Å². The largest absolute Gasteiger partial charge is 0.495 e. The van der Waals surface area contributed by atoms with Crippen molar-refractivity contribution in [2.75, 3.05) is 40.3 Å². The maximum atomic E-state index is 13.9. The van der Waals surface area contributed by atoms with Crippen LogP contribution in [0.4, 0.5) is 10.5 Å². The molecule has 8 atom stereocenters. The molecule has 46 heavy (non-hydrogen) atoms. The Bertz CT molecular complexity index is 1400. The van der Waals surface area contributed by atoms with Gasteiger partial charge in [-0.3, -0.25) is 19.8 Å². The van der Waals surface area contributed by atoms with Crippen molar-refractivity contribution in [1.82, 2.24) is 10.2 Å². The van der Waals surface area contributed by atoms with Crippen LogP contribution in [0.2, 0.25) is 5.02 Å². The molecule has 254 valence electrons. The Kier molecular flexibility index (Phi) is 10.8. The highest BCUT2D eigenvalue weighted by atomic mass is 35.5. The van der Waals surface area contributed by atoms with Gasteiger partial charge in [0.25, 0.3) is 0 Å². The van der Waals surface area contributed by atoms with Crippen molar-refractivity contribution in [3.63, 3.8) is 0 Å². The number of halogens is 1. The molecule has 3 aliphatic rings. The summed E-state index contributed by atoms with van der Waals surface area (Å²) in [5.41, 5.74) is -0.642. The number of likely N-dealkylation sites (N-methyl/N-ethyl adjacent to an activating group) is 1. The van der Waals surface area contributed by atoms with Crippen molar-refractivity contribution in [3.05, 3.63) is 46.5 Å². The minimum absolute atomic E-state index is 0.00466. The molecule has 0 saturated carbocycles. The zero-order valence-corrected chi connectivity index (χ0v) is 28.7. The Morgan fingerprint density at radius 1 is 1.26 bits per heavy atom. The lowest BCUT2D eigenvalue weighted by molar-refractivity contribution is -0.158. The van der Waals surface area contributed by atoms with Crippen LogP contribution in [0.1, 0.15) is 46.1 Å². The van der Waals surface area contributed by atoms with Gasteiger partial charge in [0.2, 0.25) is 5.91 Å². The number of rotatable bonds is 5. The van der Waals surface area contributed by atoms with Crippen LogP contribution >= 0.6 is 11.6 Å². The molecule has 2 saturated heterocycles. The second-order valence-corrected chi connectivity index (χ2v) is 13.2. The van der Waals surface area contributed by atoms with E-state index in [0.717, 1.165) is 11.1 Å². The highest BCUT2D eigenvalue weighted by Gasteiger charge is 2.64. The second kappa shape index (κ2) is 13.9. The van der Waals surface area contributed by atoms with E-state index in [4.69, 9.17) is 35.3 Å². The minimum Gasteiger partial charge on any atom is -0.495 e. The zero-order chi connectivity index (χ0) is 34.1. The number of carbonyl (C=O) groups excluding carboxylic acids is 3. The Balaban J connectivity index is 1.80. The van der Waals surface area contributed by atoms with E-state index in [0.29, 0.717) is 17.9 Å². The van der Waals surface area contributed by atoms with E-state index >= 15 is 0 Å². The van der Waals surface area contributed by atoms with Gasteiger partial charge in [-0.1, -0.05) is 42.3 Å². The van der Waals surface area contributed by atoms with Crippen molar-refractivity contribution in [3.8, 4) is 5.75 Å². The molecular weight excluding hydrogens is 618 g/mol. The monoisotopic (exact) mass is 663 g/mol. The third-order valence-electron chi connectivity index (χ3n) is 9.32. The number of carbonyl (C=O) groups is 3. The van der Waals surface area contributed by atoms with Gasteiger partial charge in [0.15, 0.2) is 5.72 Å². The summed E-state index contributed by atoms with van der Waals surface area (Å²) in [5.74, 6) is -0.933. The number of allylic oxidation sites excluding steroid dienone is 3. The van der Waals surface area contributed by atoms with E-state index in [1.165, 1.54) is 19.1 Å². The van der Waals surface area contributed by atoms with Crippen molar-refractivity contribution in [2.45, 2.75) is 88.7 Å². The number of hydrogen-bond acceptors (Lipinski definition) is 10. The molecule has 0 spiro atoms. The van der Waals surface area contributed by atoms with Crippen molar-refractivity contribution in [1.29, 1.82) is 0 Å². The van der Waals surface area contributed by atoms with Crippen LogP contribution < -0.4 is 15.0 Å². The highest BCUT2D eigenvalue weighted by molar-refractivity contribution is 6.35. The van der Waals surface area contributed by atoms with E-state index < -0.39 is 59.8 Å². The lowest BCUT2D eigenvalue weighted by Crippen LogP contribution is -2.63. The smallest absolute Gasteiger partial charge is 0.409 e. The molecule has 0 radical (unpaired) electrons. The van der Waals surface area contributed by atoms with Gasteiger partial charge in [0.05, 0.1) is 25.3 Å². The fraction of sp³-hybridized carbons (Fsp3) is 0.606. The number of epoxide rings is 1. The molecular formula is C33H46ClN3O9. The number of esters is 1. The molecule has 2 N–H and O–H groups in total. The number of nitrogens with one attached hydrogen (secondary N) is 1. The molecule has 7 unspecified atom stereocenters. The quantitative estimate of drug-likeness (QED) is 0.355. The first kappa shape index (κ1) is 35.7. The van der Waals surface area contributed by atoms with Gasteiger partial charge in [-0.15, -0.1) is 0 Å². The SMILES string of the molecule is COc1cc2cc(c1Cl)N(C)C(=O)CC(OC(=O)[C@H](C)N(C)C)C1(C)OC1C(C)C1CC(O)(NC(=O)O1)C(OC)/C=C/C=C(\C)C2. The first-order chi connectivity index (χ1) is 21.5. The fourth-order valence-corrected chi connectivity index (χ4v) is 6.37. The summed E-state index contributed by atoms with van der Waals surface area (Å²) in [6.45, 7) is 7.25. The number of hydrogen-bond donors (Lipinski definition) is 2. The van der Waals surface area contributed by atoms with Crippen LogP contribution in [0, 0.1) is 5.92 Å². The molecule has 3 aliphatic heterocycles. The number of methoxy groups -OCH3 is 2.